The summed E-state index contributed by atoms with van der Waals surface area (Å²) < 4.78 is 11.1. The number of hydrogen-bond acceptors (Lipinski definition) is 2. The van der Waals surface area contributed by atoms with Gasteiger partial charge in [-0.05, 0) is 37.0 Å². The number of benzene rings is 1. The molecule has 0 unspecified atom stereocenters. The van der Waals surface area contributed by atoms with Crippen molar-refractivity contribution in [3.63, 3.8) is 0 Å². The van der Waals surface area contributed by atoms with Crippen LogP contribution in [0.2, 0.25) is 0 Å². The average molecular weight is 269 g/mol. The van der Waals surface area contributed by atoms with Crippen LogP contribution in [0.1, 0.15) is 37.7 Å². The molecule has 1 aromatic carbocycles. The largest absolute Gasteiger partial charge is 0.497 e. The number of ether oxygens (including phenoxy) is 2. The van der Waals surface area contributed by atoms with Gasteiger partial charge >= 0.3 is 0 Å². The fourth-order valence-electron chi connectivity index (χ4n) is 2.49. The Hall–Kier alpha value is -0.890. The van der Waals surface area contributed by atoms with Crippen molar-refractivity contribution in [3.8, 4) is 11.5 Å². The fourth-order valence-corrected chi connectivity index (χ4v) is 2.70. The molecule has 0 spiro atoms. The van der Waals surface area contributed by atoms with Crippen molar-refractivity contribution in [2.45, 2.75) is 38.0 Å². The van der Waals surface area contributed by atoms with Crippen LogP contribution in [0.5, 0.6) is 11.5 Å². The Bertz CT molecular complexity index is 373. The molecule has 0 aliphatic heterocycles. The monoisotopic (exact) mass is 268 g/mol. The molecule has 0 amide bonds. The van der Waals surface area contributed by atoms with Crippen LogP contribution in [-0.4, -0.2) is 13.7 Å². The minimum absolute atomic E-state index is 0.456. The van der Waals surface area contributed by atoms with Crippen molar-refractivity contribution in [1.29, 1.82) is 0 Å². The van der Waals surface area contributed by atoms with Crippen LogP contribution < -0.4 is 9.47 Å². The summed E-state index contributed by atoms with van der Waals surface area (Å²) in [4.78, 5) is 0. The molecule has 1 aliphatic carbocycles. The molecule has 1 saturated carbocycles. The van der Waals surface area contributed by atoms with Crippen molar-refractivity contribution in [1.82, 2.24) is 0 Å². The number of methoxy groups -OCH3 is 1. The quantitative estimate of drug-likeness (QED) is 0.737. The van der Waals surface area contributed by atoms with Crippen LogP contribution in [0.3, 0.4) is 0 Å². The van der Waals surface area contributed by atoms with Gasteiger partial charge in [-0.15, -0.1) is 11.6 Å². The van der Waals surface area contributed by atoms with E-state index in [4.69, 9.17) is 21.1 Å². The minimum Gasteiger partial charge on any atom is -0.497 e. The highest BCUT2D eigenvalue weighted by Gasteiger charge is 2.15. The zero-order valence-corrected chi connectivity index (χ0v) is 11.7. The summed E-state index contributed by atoms with van der Waals surface area (Å²) in [5.74, 6) is 2.90. The third-order valence-electron chi connectivity index (χ3n) is 3.61. The van der Waals surface area contributed by atoms with Gasteiger partial charge in [0.15, 0.2) is 0 Å². The third kappa shape index (κ3) is 3.55. The standard InChI is InChI=1S/C15H21ClO2/c1-17-14-7-8-15(13(9-14)10-16)18-11-12-5-3-2-4-6-12/h7-9,12H,2-6,10-11H2,1H3. The van der Waals surface area contributed by atoms with Gasteiger partial charge in [0.25, 0.3) is 0 Å². The van der Waals surface area contributed by atoms with E-state index < -0.39 is 0 Å². The average Bonchev–Trinajstić information content (AvgIpc) is 2.46. The topological polar surface area (TPSA) is 18.5 Å². The maximum absolute atomic E-state index is 5.95. The summed E-state index contributed by atoms with van der Waals surface area (Å²) in [6.45, 7) is 0.816. The Labute approximate surface area is 114 Å². The molecule has 18 heavy (non-hydrogen) atoms. The van der Waals surface area contributed by atoms with Gasteiger partial charge < -0.3 is 9.47 Å². The maximum atomic E-state index is 5.95. The first-order valence-corrected chi connectivity index (χ1v) is 7.22. The number of alkyl halides is 1. The SMILES string of the molecule is COc1ccc(OCC2CCCCC2)c(CCl)c1. The molecule has 1 aliphatic rings. The Morgan fingerprint density at radius 2 is 2.00 bits per heavy atom. The summed E-state index contributed by atoms with van der Waals surface area (Å²) in [6.07, 6.45) is 6.67. The van der Waals surface area contributed by atoms with Crippen molar-refractivity contribution < 1.29 is 9.47 Å². The first kappa shape index (κ1) is 13.5. The molecule has 0 aromatic heterocycles. The van der Waals surface area contributed by atoms with Gasteiger partial charge in [-0.25, -0.2) is 0 Å². The summed E-state index contributed by atoms with van der Waals surface area (Å²) >= 11 is 5.95. The summed E-state index contributed by atoms with van der Waals surface area (Å²) in [6, 6.07) is 5.83. The van der Waals surface area contributed by atoms with Crippen LogP contribution in [-0.2, 0) is 5.88 Å². The van der Waals surface area contributed by atoms with Crippen molar-refractivity contribution in [2.24, 2.45) is 5.92 Å². The van der Waals surface area contributed by atoms with Gasteiger partial charge in [-0.3, -0.25) is 0 Å². The van der Waals surface area contributed by atoms with Gasteiger partial charge in [0.1, 0.15) is 11.5 Å². The Morgan fingerprint density at radius 1 is 1.22 bits per heavy atom. The predicted octanol–water partition coefficient (Wildman–Crippen LogP) is 4.39. The minimum atomic E-state index is 0.456. The first-order valence-electron chi connectivity index (χ1n) is 6.69. The van der Waals surface area contributed by atoms with Crippen molar-refractivity contribution in [2.75, 3.05) is 13.7 Å². The molecule has 100 valence electrons. The molecule has 0 atom stereocenters. The molecule has 2 nitrogen and oxygen atoms in total. The smallest absolute Gasteiger partial charge is 0.123 e. The lowest BCUT2D eigenvalue weighted by Crippen LogP contribution is -2.15. The van der Waals surface area contributed by atoms with Crippen molar-refractivity contribution in [3.05, 3.63) is 23.8 Å². The van der Waals surface area contributed by atoms with E-state index in [9.17, 15) is 0 Å². The van der Waals surface area contributed by atoms with Gasteiger partial charge in [-0.1, -0.05) is 19.3 Å². The molecular weight excluding hydrogens is 248 g/mol. The normalized spacial score (nSPS) is 16.6. The molecule has 0 radical (unpaired) electrons. The Kier molecular flexibility index (Phi) is 5.18. The molecule has 0 saturated heterocycles. The van der Waals surface area contributed by atoms with Crippen LogP contribution in [0, 0.1) is 5.92 Å². The lowest BCUT2D eigenvalue weighted by atomic mass is 9.90. The second-order valence-corrected chi connectivity index (χ2v) is 5.19. The van der Waals surface area contributed by atoms with Crippen LogP contribution in [0.15, 0.2) is 18.2 Å². The van der Waals surface area contributed by atoms with E-state index in [1.807, 2.05) is 18.2 Å². The Morgan fingerprint density at radius 3 is 2.67 bits per heavy atom. The second kappa shape index (κ2) is 6.89. The van der Waals surface area contributed by atoms with Gasteiger partial charge in [-0.2, -0.15) is 0 Å². The van der Waals surface area contributed by atoms with E-state index in [1.165, 1.54) is 32.1 Å². The molecule has 3 heteroatoms. The van der Waals surface area contributed by atoms with Crippen LogP contribution in [0.25, 0.3) is 0 Å². The summed E-state index contributed by atoms with van der Waals surface area (Å²) in [5, 5.41) is 0. The van der Waals surface area contributed by atoms with E-state index in [-0.39, 0.29) is 0 Å². The predicted molar refractivity (Wildman–Crippen MR) is 74.6 cm³/mol. The summed E-state index contributed by atoms with van der Waals surface area (Å²) in [5.41, 5.74) is 1.01. The fraction of sp³-hybridized carbons (Fsp3) is 0.600. The number of rotatable bonds is 5. The third-order valence-corrected chi connectivity index (χ3v) is 3.90. The zero-order chi connectivity index (χ0) is 12.8. The zero-order valence-electron chi connectivity index (χ0n) is 11.0. The van der Waals surface area contributed by atoms with E-state index in [1.54, 1.807) is 7.11 Å². The molecular formula is C15H21ClO2. The highest BCUT2D eigenvalue weighted by Crippen LogP contribution is 2.28. The molecule has 2 rings (SSSR count). The lowest BCUT2D eigenvalue weighted by molar-refractivity contribution is 0.207. The molecule has 0 heterocycles. The van der Waals surface area contributed by atoms with E-state index in [2.05, 4.69) is 0 Å². The van der Waals surface area contributed by atoms with Gasteiger partial charge in [0.05, 0.1) is 19.6 Å². The lowest BCUT2D eigenvalue weighted by Gasteiger charge is -2.22. The molecule has 0 N–H and O–H groups in total. The van der Waals surface area contributed by atoms with Crippen LogP contribution >= 0.6 is 11.6 Å². The van der Waals surface area contributed by atoms with Crippen LogP contribution in [0.4, 0.5) is 0 Å². The second-order valence-electron chi connectivity index (χ2n) is 4.92. The number of hydrogen-bond donors (Lipinski definition) is 0. The van der Waals surface area contributed by atoms with E-state index in [0.29, 0.717) is 11.8 Å². The molecule has 0 bridgehead atoms. The highest BCUT2D eigenvalue weighted by molar-refractivity contribution is 6.17. The van der Waals surface area contributed by atoms with Crippen molar-refractivity contribution >= 4 is 11.6 Å². The van der Waals surface area contributed by atoms with Gasteiger partial charge in [0, 0.05) is 5.56 Å². The molecule has 1 aromatic rings. The summed E-state index contributed by atoms with van der Waals surface area (Å²) in [7, 11) is 1.66. The first-order chi connectivity index (χ1) is 8.83. The highest BCUT2D eigenvalue weighted by atomic mass is 35.5. The maximum Gasteiger partial charge on any atom is 0.123 e. The van der Waals surface area contributed by atoms with Gasteiger partial charge in [0.2, 0.25) is 0 Å². The Balaban J connectivity index is 1.95. The molecule has 1 fully saturated rings. The van der Waals surface area contributed by atoms with E-state index >= 15 is 0 Å². The van der Waals surface area contributed by atoms with E-state index in [0.717, 1.165) is 23.7 Å². The number of halogens is 1.